The molecule has 0 aromatic heterocycles. The Morgan fingerprint density at radius 1 is 1.29 bits per heavy atom. The number of benzene rings is 1. The first-order valence-electron chi connectivity index (χ1n) is 7.74. The van der Waals surface area contributed by atoms with E-state index >= 15 is 0 Å². The van der Waals surface area contributed by atoms with Gasteiger partial charge >= 0.3 is 5.97 Å². The summed E-state index contributed by atoms with van der Waals surface area (Å²) in [6, 6.07) is 3.59. The molecule has 0 radical (unpaired) electrons. The first kappa shape index (κ1) is 19.6. The van der Waals surface area contributed by atoms with Gasteiger partial charge in [0.15, 0.2) is 0 Å². The maximum atomic E-state index is 14.1. The van der Waals surface area contributed by atoms with Crippen molar-refractivity contribution in [1.29, 1.82) is 0 Å². The topological polar surface area (TPSA) is 95.5 Å². The number of halogens is 1. The highest BCUT2D eigenvalue weighted by molar-refractivity contribution is 5.98. The highest BCUT2D eigenvalue weighted by atomic mass is 19.1. The Bertz CT molecular complexity index is 645. The quantitative estimate of drug-likeness (QED) is 0.712. The van der Waals surface area contributed by atoms with Crippen LogP contribution in [0.25, 0.3) is 0 Å². The summed E-state index contributed by atoms with van der Waals surface area (Å²) >= 11 is 0. The second-order valence-corrected chi connectivity index (χ2v) is 6.29. The number of hydrogen-bond acceptors (Lipinski definition) is 3. The number of hydrogen-bond donors (Lipinski definition) is 3. The summed E-state index contributed by atoms with van der Waals surface area (Å²) in [5.41, 5.74) is -1.47. The van der Waals surface area contributed by atoms with Crippen molar-refractivity contribution in [1.82, 2.24) is 5.32 Å². The Kier molecular flexibility index (Phi) is 6.45. The zero-order chi connectivity index (χ0) is 18.5. The van der Waals surface area contributed by atoms with Crippen LogP contribution in [-0.4, -0.2) is 28.4 Å². The van der Waals surface area contributed by atoms with Crippen LogP contribution in [0.2, 0.25) is 0 Å². The van der Waals surface area contributed by atoms with E-state index in [0.29, 0.717) is 0 Å². The monoisotopic (exact) mass is 338 g/mol. The van der Waals surface area contributed by atoms with Crippen molar-refractivity contribution < 1.29 is 23.9 Å². The third kappa shape index (κ3) is 5.04. The van der Waals surface area contributed by atoms with Crippen molar-refractivity contribution in [2.24, 2.45) is 5.92 Å². The molecule has 0 saturated carbocycles. The molecule has 0 saturated heterocycles. The van der Waals surface area contributed by atoms with Crippen LogP contribution in [0.15, 0.2) is 18.2 Å². The Balaban J connectivity index is 2.89. The van der Waals surface area contributed by atoms with E-state index < -0.39 is 23.2 Å². The lowest BCUT2D eigenvalue weighted by atomic mass is 9.98. The molecule has 6 nitrogen and oxygen atoms in total. The van der Waals surface area contributed by atoms with Gasteiger partial charge in [-0.1, -0.05) is 20.8 Å². The van der Waals surface area contributed by atoms with Gasteiger partial charge in [-0.25, -0.2) is 9.18 Å². The van der Waals surface area contributed by atoms with Crippen molar-refractivity contribution in [2.45, 2.75) is 46.1 Å². The summed E-state index contributed by atoms with van der Waals surface area (Å²) in [5.74, 6) is -2.79. The highest BCUT2D eigenvalue weighted by Gasteiger charge is 2.33. The van der Waals surface area contributed by atoms with E-state index in [2.05, 4.69) is 10.6 Å². The summed E-state index contributed by atoms with van der Waals surface area (Å²) < 4.78 is 14.1. The molecule has 0 aliphatic rings. The van der Waals surface area contributed by atoms with Crippen LogP contribution in [0.3, 0.4) is 0 Å². The lowest BCUT2D eigenvalue weighted by Crippen LogP contribution is -2.51. The number of aliphatic carboxylic acids is 1. The fraction of sp³-hybridized carbons (Fsp3) is 0.471. The van der Waals surface area contributed by atoms with E-state index in [-0.39, 0.29) is 35.9 Å². The van der Waals surface area contributed by atoms with Gasteiger partial charge in [0.1, 0.15) is 11.4 Å². The SMILES string of the molecule is CCC(C)(NC(=O)c1ccc(NC(=O)CC(C)C)c(F)c1)C(=O)O. The Morgan fingerprint density at radius 2 is 1.92 bits per heavy atom. The van der Waals surface area contributed by atoms with Gasteiger partial charge in [-0.2, -0.15) is 0 Å². The lowest BCUT2D eigenvalue weighted by Gasteiger charge is -2.24. The average molecular weight is 338 g/mol. The summed E-state index contributed by atoms with van der Waals surface area (Å²) in [5, 5.41) is 14.0. The molecular formula is C17H23FN2O4. The Hall–Kier alpha value is -2.44. The van der Waals surface area contributed by atoms with Crippen LogP contribution in [0.4, 0.5) is 10.1 Å². The van der Waals surface area contributed by atoms with Crippen LogP contribution < -0.4 is 10.6 Å². The van der Waals surface area contributed by atoms with Gasteiger partial charge in [-0.05, 0) is 37.5 Å². The second-order valence-electron chi connectivity index (χ2n) is 6.29. The summed E-state index contributed by atoms with van der Waals surface area (Å²) in [4.78, 5) is 35.0. The molecule has 3 N–H and O–H groups in total. The van der Waals surface area contributed by atoms with Gasteiger partial charge < -0.3 is 15.7 Å². The smallest absolute Gasteiger partial charge is 0.329 e. The molecule has 24 heavy (non-hydrogen) atoms. The number of carboxylic acids is 1. The third-order valence-corrected chi connectivity index (χ3v) is 3.67. The van der Waals surface area contributed by atoms with Crippen LogP contribution in [0.5, 0.6) is 0 Å². The number of nitrogens with one attached hydrogen (secondary N) is 2. The normalized spacial score (nSPS) is 13.2. The predicted octanol–water partition coefficient (Wildman–Crippen LogP) is 2.79. The molecule has 1 rings (SSSR count). The molecule has 1 aromatic rings. The van der Waals surface area contributed by atoms with Crippen molar-refractivity contribution in [3.63, 3.8) is 0 Å². The van der Waals surface area contributed by atoms with Crippen molar-refractivity contribution in [2.75, 3.05) is 5.32 Å². The van der Waals surface area contributed by atoms with Crippen LogP contribution in [-0.2, 0) is 9.59 Å². The summed E-state index contributed by atoms with van der Waals surface area (Å²) in [7, 11) is 0. The van der Waals surface area contributed by atoms with Gasteiger partial charge in [0.25, 0.3) is 5.91 Å². The number of carboxylic acid groups (broad SMARTS) is 1. The summed E-state index contributed by atoms with van der Waals surface area (Å²) in [6.45, 7) is 6.75. The zero-order valence-corrected chi connectivity index (χ0v) is 14.3. The molecule has 0 aliphatic heterocycles. The summed E-state index contributed by atoms with van der Waals surface area (Å²) in [6.07, 6.45) is 0.440. The maximum absolute atomic E-state index is 14.1. The molecule has 1 atom stereocenters. The Morgan fingerprint density at radius 3 is 2.38 bits per heavy atom. The van der Waals surface area contributed by atoms with E-state index in [1.54, 1.807) is 6.92 Å². The Labute approximate surface area is 140 Å². The molecule has 132 valence electrons. The number of carbonyl (C=O) groups is 3. The molecule has 1 aromatic carbocycles. The van der Waals surface area contributed by atoms with Crippen molar-refractivity contribution >= 4 is 23.5 Å². The minimum Gasteiger partial charge on any atom is -0.480 e. The number of amides is 2. The average Bonchev–Trinajstić information content (AvgIpc) is 2.47. The molecule has 7 heteroatoms. The van der Waals surface area contributed by atoms with Gasteiger partial charge in [0.05, 0.1) is 5.69 Å². The third-order valence-electron chi connectivity index (χ3n) is 3.67. The molecule has 0 spiro atoms. The highest BCUT2D eigenvalue weighted by Crippen LogP contribution is 2.18. The maximum Gasteiger partial charge on any atom is 0.329 e. The van der Waals surface area contributed by atoms with E-state index in [1.165, 1.54) is 19.1 Å². The number of carbonyl (C=O) groups excluding carboxylic acids is 2. The molecular weight excluding hydrogens is 315 g/mol. The molecule has 0 fully saturated rings. The van der Waals surface area contributed by atoms with Crippen molar-refractivity contribution in [3.8, 4) is 0 Å². The van der Waals surface area contributed by atoms with Crippen LogP contribution in [0, 0.1) is 11.7 Å². The lowest BCUT2D eigenvalue weighted by molar-refractivity contribution is -0.143. The fourth-order valence-corrected chi connectivity index (χ4v) is 1.95. The molecule has 2 amide bonds. The van der Waals surface area contributed by atoms with E-state index in [9.17, 15) is 18.8 Å². The first-order chi connectivity index (χ1) is 11.1. The van der Waals surface area contributed by atoms with E-state index in [4.69, 9.17) is 5.11 Å². The van der Waals surface area contributed by atoms with E-state index in [1.807, 2.05) is 13.8 Å². The van der Waals surface area contributed by atoms with Crippen LogP contribution in [0.1, 0.15) is 50.9 Å². The molecule has 0 aliphatic carbocycles. The number of rotatable bonds is 7. The standard InChI is InChI=1S/C17H23FN2O4/c1-5-17(4,16(23)24)20-15(22)11-6-7-13(12(18)9-11)19-14(21)8-10(2)3/h6-7,9-10H,5,8H2,1-4H3,(H,19,21)(H,20,22)(H,23,24). The number of anilines is 1. The first-order valence-corrected chi connectivity index (χ1v) is 7.74. The van der Waals surface area contributed by atoms with E-state index in [0.717, 1.165) is 6.07 Å². The van der Waals surface area contributed by atoms with Gasteiger partial charge in [-0.15, -0.1) is 0 Å². The minimum absolute atomic E-state index is 0.0183. The predicted molar refractivity (Wildman–Crippen MR) is 88.3 cm³/mol. The van der Waals surface area contributed by atoms with Gasteiger partial charge in [0, 0.05) is 12.0 Å². The second kappa shape index (κ2) is 7.90. The molecule has 1 unspecified atom stereocenters. The molecule has 0 bridgehead atoms. The van der Waals surface area contributed by atoms with Gasteiger partial charge in [0.2, 0.25) is 5.91 Å². The fourth-order valence-electron chi connectivity index (χ4n) is 1.95. The van der Waals surface area contributed by atoms with Gasteiger partial charge in [-0.3, -0.25) is 9.59 Å². The zero-order valence-electron chi connectivity index (χ0n) is 14.3. The largest absolute Gasteiger partial charge is 0.480 e. The van der Waals surface area contributed by atoms with Crippen LogP contribution >= 0.6 is 0 Å². The minimum atomic E-state index is -1.43. The van der Waals surface area contributed by atoms with Crippen molar-refractivity contribution in [3.05, 3.63) is 29.6 Å². The molecule has 0 heterocycles.